The largest absolute Gasteiger partial charge is 0.331 e. The molecule has 2 N–H and O–H groups in total. The van der Waals surface area contributed by atoms with Crippen molar-refractivity contribution in [3.05, 3.63) is 59.2 Å². The molecule has 0 heterocycles. The molecular weight excluding hydrogens is 336 g/mol. The number of sulfone groups is 1. The molecule has 2 amide bonds. The molecule has 0 fully saturated rings. The van der Waals surface area contributed by atoms with Crippen molar-refractivity contribution in [3.63, 3.8) is 0 Å². The quantitative estimate of drug-likeness (QED) is 0.879. The van der Waals surface area contributed by atoms with Crippen LogP contribution < -0.4 is 10.6 Å². The molecule has 0 spiro atoms. The maximum Gasteiger partial charge on any atom is 0.319 e. The van der Waals surface area contributed by atoms with Gasteiger partial charge in [-0.1, -0.05) is 18.2 Å². The number of urea groups is 1. The van der Waals surface area contributed by atoms with Crippen molar-refractivity contribution in [2.24, 2.45) is 0 Å². The summed E-state index contributed by atoms with van der Waals surface area (Å²) in [5, 5.41) is 5.73. The molecule has 0 aliphatic heterocycles. The van der Waals surface area contributed by atoms with Crippen LogP contribution in [-0.2, 0) is 22.7 Å². The lowest BCUT2D eigenvalue weighted by molar-refractivity contribution is 0.249. The van der Waals surface area contributed by atoms with E-state index in [4.69, 9.17) is 0 Å². The topological polar surface area (TPSA) is 75.3 Å². The predicted molar refractivity (Wildman–Crippen MR) is 98.6 cm³/mol. The van der Waals surface area contributed by atoms with Crippen LogP contribution in [0, 0.1) is 0 Å². The van der Waals surface area contributed by atoms with E-state index in [1.54, 1.807) is 24.3 Å². The van der Waals surface area contributed by atoms with Gasteiger partial charge >= 0.3 is 6.03 Å². The lowest BCUT2D eigenvalue weighted by atomic mass is 10.1. The minimum atomic E-state index is -3.21. The van der Waals surface area contributed by atoms with Crippen LogP contribution in [-0.4, -0.2) is 20.7 Å². The molecule has 1 aliphatic rings. The molecule has 0 saturated heterocycles. The number of hydrogen-bond donors (Lipinski definition) is 2. The number of fused-ring (bicyclic) bond motifs is 1. The monoisotopic (exact) mass is 358 g/mol. The first-order valence-corrected chi connectivity index (χ1v) is 10.2. The fourth-order valence-corrected chi connectivity index (χ4v) is 3.73. The zero-order valence-electron chi connectivity index (χ0n) is 14.4. The Balaban J connectivity index is 1.62. The number of benzene rings is 2. The third kappa shape index (κ3) is 4.20. The molecule has 1 atom stereocenters. The zero-order chi connectivity index (χ0) is 18.0. The Bertz CT molecular complexity index is 889. The van der Waals surface area contributed by atoms with Gasteiger partial charge in [-0.2, -0.15) is 0 Å². The predicted octanol–water partition coefficient (Wildman–Crippen LogP) is 3.46. The first-order valence-electron chi connectivity index (χ1n) is 8.32. The molecule has 2 aromatic carbocycles. The van der Waals surface area contributed by atoms with Crippen molar-refractivity contribution in [2.45, 2.75) is 37.1 Å². The van der Waals surface area contributed by atoms with Crippen LogP contribution in [0.5, 0.6) is 0 Å². The Labute approximate surface area is 148 Å². The second-order valence-corrected chi connectivity index (χ2v) is 8.51. The Kier molecular flexibility index (Phi) is 4.81. The maximum absolute atomic E-state index is 12.2. The van der Waals surface area contributed by atoms with E-state index < -0.39 is 9.84 Å². The number of aryl methyl sites for hydroxylation is 2. The van der Waals surface area contributed by atoms with Gasteiger partial charge < -0.3 is 10.6 Å². The Morgan fingerprint density at radius 3 is 2.40 bits per heavy atom. The van der Waals surface area contributed by atoms with E-state index in [1.807, 2.05) is 19.1 Å². The number of nitrogens with one attached hydrogen (secondary N) is 2. The molecule has 6 heteroatoms. The Morgan fingerprint density at radius 1 is 1.04 bits per heavy atom. The summed E-state index contributed by atoms with van der Waals surface area (Å²) in [7, 11) is -3.21. The van der Waals surface area contributed by atoms with Crippen molar-refractivity contribution >= 4 is 21.6 Å². The highest BCUT2D eigenvalue weighted by Gasteiger charge is 2.14. The van der Waals surface area contributed by atoms with Gasteiger partial charge in [0.2, 0.25) is 0 Å². The van der Waals surface area contributed by atoms with Gasteiger partial charge in [0.15, 0.2) is 9.84 Å². The van der Waals surface area contributed by atoms with Gasteiger partial charge in [-0.3, -0.25) is 0 Å². The number of amides is 2. The lowest BCUT2D eigenvalue weighted by Gasteiger charge is -2.16. The van der Waals surface area contributed by atoms with Crippen LogP contribution in [0.25, 0.3) is 0 Å². The molecule has 0 radical (unpaired) electrons. The molecule has 0 saturated carbocycles. The van der Waals surface area contributed by atoms with Gasteiger partial charge in [0.1, 0.15) is 0 Å². The normalized spacial score (nSPS) is 14.6. The smallest absolute Gasteiger partial charge is 0.319 e. The summed E-state index contributed by atoms with van der Waals surface area (Å²) in [6.07, 6.45) is 4.52. The van der Waals surface area contributed by atoms with Crippen molar-refractivity contribution in [1.29, 1.82) is 0 Å². The summed E-state index contributed by atoms with van der Waals surface area (Å²) in [4.78, 5) is 12.5. The first-order chi connectivity index (χ1) is 11.8. The number of hydrogen-bond acceptors (Lipinski definition) is 3. The number of carbonyl (C=O) groups excluding carboxylic acids is 1. The highest BCUT2D eigenvalue weighted by atomic mass is 32.2. The van der Waals surface area contributed by atoms with E-state index >= 15 is 0 Å². The number of anilines is 1. The number of rotatable bonds is 4. The lowest BCUT2D eigenvalue weighted by Crippen LogP contribution is -2.31. The molecular formula is C19H22N2O3S. The average Bonchev–Trinajstić information content (AvgIpc) is 3.01. The SMILES string of the molecule is C[C@H](NC(=O)Nc1ccc2c(c1)CCC2)c1ccc(S(C)(=O)=O)cc1. The van der Waals surface area contributed by atoms with Crippen molar-refractivity contribution < 1.29 is 13.2 Å². The molecule has 132 valence electrons. The van der Waals surface area contributed by atoms with E-state index in [-0.39, 0.29) is 17.0 Å². The van der Waals surface area contributed by atoms with E-state index in [9.17, 15) is 13.2 Å². The Hall–Kier alpha value is -2.34. The Morgan fingerprint density at radius 2 is 1.72 bits per heavy atom. The molecule has 3 rings (SSSR count). The van der Waals surface area contributed by atoms with Gasteiger partial charge in [0, 0.05) is 11.9 Å². The zero-order valence-corrected chi connectivity index (χ0v) is 15.2. The van der Waals surface area contributed by atoms with Crippen LogP contribution in [0.4, 0.5) is 10.5 Å². The van der Waals surface area contributed by atoms with Gasteiger partial charge in [0.25, 0.3) is 0 Å². The van der Waals surface area contributed by atoms with Gasteiger partial charge in [-0.05, 0) is 67.1 Å². The minimum absolute atomic E-state index is 0.233. The summed E-state index contributed by atoms with van der Waals surface area (Å²) < 4.78 is 23.0. The van der Waals surface area contributed by atoms with Gasteiger partial charge in [-0.15, -0.1) is 0 Å². The summed E-state index contributed by atoms with van der Waals surface area (Å²) in [6, 6.07) is 12.1. The maximum atomic E-state index is 12.2. The van der Waals surface area contributed by atoms with Crippen LogP contribution in [0.15, 0.2) is 47.4 Å². The summed E-state index contributed by atoms with van der Waals surface area (Å²) >= 11 is 0. The molecule has 25 heavy (non-hydrogen) atoms. The van der Waals surface area contributed by atoms with Crippen LogP contribution in [0.1, 0.15) is 36.1 Å². The molecule has 0 unspecified atom stereocenters. The third-order valence-corrected chi connectivity index (χ3v) is 5.64. The van der Waals surface area contributed by atoms with Crippen LogP contribution in [0.2, 0.25) is 0 Å². The fraction of sp³-hybridized carbons (Fsp3) is 0.316. The van der Waals surface area contributed by atoms with Crippen LogP contribution >= 0.6 is 0 Å². The van der Waals surface area contributed by atoms with Crippen molar-refractivity contribution in [3.8, 4) is 0 Å². The van der Waals surface area contributed by atoms with Gasteiger partial charge in [-0.25, -0.2) is 13.2 Å². The highest BCUT2D eigenvalue weighted by molar-refractivity contribution is 7.90. The second kappa shape index (κ2) is 6.88. The van der Waals surface area contributed by atoms with E-state index in [0.717, 1.165) is 24.1 Å². The molecule has 2 aromatic rings. The minimum Gasteiger partial charge on any atom is -0.331 e. The highest BCUT2D eigenvalue weighted by Crippen LogP contribution is 2.25. The first kappa shape index (κ1) is 17.5. The molecule has 0 bridgehead atoms. The third-order valence-electron chi connectivity index (χ3n) is 4.51. The summed E-state index contributed by atoms with van der Waals surface area (Å²) in [5.74, 6) is 0. The van der Waals surface area contributed by atoms with E-state index in [1.165, 1.54) is 23.8 Å². The summed E-state index contributed by atoms with van der Waals surface area (Å²) in [6.45, 7) is 1.86. The van der Waals surface area contributed by atoms with Gasteiger partial charge in [0.05, 0.1) is 10.9 Å². The standard InChI is InChI=1S/C19H22N2O3S/c1-13(14-7-10-18(11-8-14)25(2,23)24)20-19(22)21-17-9-6-15-4-3-5-16(15)12-17/h6-13H,3-5H2,1-2H3,(H2,20,21,22)/t13-/m0/s1. The van der Waals surface area contributed by atoms with Crippen LogP contribution in [0.3, 0.4) is 0 Å². The number of carbonyl (C=O) groups is 1. The summed E-state index contributed by atoms with van der Waals surface area (Å²) in [5.41, 5.74) is 4.31. The molecule has 1 aliphatic carbocycles. The molecule has 0 aromatic heterocycles. The van der Waals surface area contributed by atoms with E-state index in [0.29, 0.717) is 0 Å². The second-order valence-electron chi connectivity index (χ2n) is 6.50. The average molecular weight is 358 g/mol. The fourth-order valence-electron chi connectivity index (χ4n) is 3.10. The van der Waals surface area contributed by atoms with Crippen molar-refractivity contribution in [1.82, 2.24) is 5.32 Å². The molecule has 5 nitrogen and oxygen atoms in total. The van der Waals surface area contributed by atoms with E-state index in [2.05, 4.69) is 16.7 Å². The van der Waals surface area contributed by atoms with Crippen molar-refractivity contribution in [2.75, 3.05) is 11.6 Å².